The third kappa shape index (κ3) is 3.76. The highest BCUT2D eigenvalue weighted by atomic mass is 16.5. The number of hydrogen-bond donors (Lipinski definition) is 1. The summed E-state index contributed by atoms with van der Waals surface area (Å²) in [7, 11) is 0. The third-order valence-corrected chi connectivity index (χ3v) is 4.65. The number of ether oxygens (including phenoxy) is 1. The van der Waals surface area contributed by atoms with E-state index in [4.69, 9.17) is 14.4 Å². The third-order valence-electron chi connectivity index (χ3n) is 4.65. The van der Waals surface area contributed by atoms with Gasteiger partial charge in [0.2, 0.25) is 5.91 Å². The van der Waals surface area contributed by atoms with E-state index in [9.17, 15) is 4.79 Å². The van der Waals surface area contributed by atoms with Gasteiger partial charge >= 0.3 is 0 Å². The van der Waals surface area contributed by atoms with E-state index < -0.39 is 0 Å². The average Bonchev–Trinajstić information content (AvgIpc) is 3.12. The molecule has 1 aliphatic rings. The van der Waals surface area contributed by atoms with Crippen LogP contribution in [-0.4, -0.2) is 27.5 Å². The predicted molar refractivity (Wildman–Crippen MR) is 92.1 cm³/mol. The van der Waals surface area contributed by atoms with E-state index >= 15 is 0 Å². The minimum atomic E-state index is 0.00424. The molecule has 0 saturated heterocycles. The summed E-state index contributed by atoms with van der Waals surface area (Å²) in [6.45, 7) is 9.77. The van der Waals surface area contributed by atoms with Gasteiger partial charge in [0.1, 0.15) is 5.76 Å². The van der Waals surface area contributed by atoms with Crippen LogP contribution in [0.2, 0.25) is 0 Å². The number of fused-ring (bicyclic) bond motifs is 1. The van der Waals surface area contributed by atoms with Gasteiger partial charge in [-0.15, -0.1) is 0 Å². The van der Waals surface area contributed by atoms with Crippen molar-refractivity contribution in [3.05, 3.63) is 34.0 Å². The molecule has 7 heteroatoms. The smallest absolute Gasteiger partial charge is 0.220 e. The number of aryl methyl sites for hydroxylation is 3. The first-order valence-electron chi connectivity index (χ1n) is 8.82. The van der Waals surface area contributed by atoms with Crippen LogP contribution in [0, 0.1) is 13.8 Å². The fraction of sp³-hybridized carbons (Fsp3) is 0.611. The van der Waals surface area contributed by atoms with Crippen molar-refractivity contribution in [3.8, 4) is 0 Å². The maximum atomic E-state index is 12.2. The zero-order chi connectivity index (χ0) is 18.0. The fourth-order valence-corrected chi connectivity index (χ4v) is 3.22. The van der Waals surface area contributed by atoms with Gasteiger partial charge in [-0.3, -0.25) is 9.48 Å². The second kappa shape index (κ2) is 7.39. The molecule has 7 nitrogen and oxygen atoms in total. The summed E-state index contributed by atoms with van der Waals surface area (Å²) in [5.41, 5.74) is 5.17. The van der Waals surface area contributed by atoms with Gasteiger partial charge in [0.05, 0.1) is 24.6 Å². The highest BCUT2D eigenvalue weighted by Crippen LogP contribution is 2.24. The summed E-state index contributed by atoms with van der Waals surface area (Å²) in [4.78, 5) is 12.2. The van der Waals surface area contributed by atoms with Crippen molar-refractivity contribution in [2.45, 2.75) is 66.2 Å². The van der Waals surface area contributed by atoms with Gasteiger partial charge in [0.15, 0.2) is 0 Å². The van der Waals surface area contributed by atoms with E-state index in [1.807, 2.05) is 13.8 Å². The van der Waals surface area contributed by atoms with E-state index in [0.29, 0.717) is 32.0 Å². The molecule has 0 saturated carbocycles. The molecule has 1 N–H and O–H groups in total. The van der Waals surface area contributed by atoms with E-state index in [1.165, 1.54) is 11.3 Å². The number of carbonyl (C=O) groups is 1. The van der Waals surface area contributed by atoms with E-state index in [0.717, 1.165) is 35.7 Å². The second-order valence-corrected chi connectivity index (χ2v) is 6.79. The molecule has 3 rings (SSSR count). The molecule has 136 valence electrons. The molecule has 0 radical (unpaired) electrons. The molecule has 0 spiro atoms. The molecule has 2 aromatic heterocycles. The van der Waals surface area contributed by atoms with Crippen molar-refractivity contribution in [1.29, 1.82) is 0 Å². The molecule has 0 fully saturated rings. The minimum Gasteiger partial charge on any atom is -0.376 e. The van der Waals surface area contributed by atoms with Crippen molar-refractivity contribution >= 4 is 5.91 Å². The van der Waals surface area contributed by atoms with E-state index in [2.05, 4.69) is 29.0 Å². The maximum Gasteiger partial charge on any atom is 0.220 e. The van der Waals surface area contributed by atoms with Crippen LogP contribution in [0.5, 0.6) is 0 Å². The van der Waals surface area contributed by atoms with Gasteiger partial charge in [-0.25, -0.2) is 0 Å². The van der Waals surface area contributed by atoms with Gasteiger partial charge in [0.25, 0.3) is 0 Å². The number of aromatic nitrogens is 3. The average molecular weight is 346 g/mol. The highest BCUT2D eigenvalue weighted by Gasteiger charge is 2.22. The molecule has 25 heavy (non-hydrogen) atoms. The Labute approximate surface area is 147 Å². The summed E-state index contributed by atoms with van der Waals surface area (Å²) in [5.74, 6) is 0.754. The molecule has 3 heterocycles. The summed E-state index contributed by atoms with van der Waals surface area (Å²) in [6, 6.07) is 0.314. The number of rotatable bonds is 6. The van der Waals surface area contributed by atoms with Crippen LogP contribution in [0.25, 0.3) is 0 Å². The Bertz CT molecular complexity index is 741. The van der Waals surface area contributed by atoms with Crippen LogP contribution >= 0.6 is 0 Å². The number of amides is 1. The van der Waals surface area contributed by atoms with Gasteiger partial charge in [-0.2, -0.15) is 5.10 Å². The predicted octanol–water partition coefficient (Wildman–Crippen LogP) is 2.39. The van der Waals surface area contributed by atoms with Crippen molar-refractivity contribution in [2.75, 3.05) is 6.61 Å². The van der Waals surface area contributed by atoms with Gasteiger partial charge in [-0.05, 0) is 27.7 Å². The standard InChI is InChI=1S/C18H26N4O3/c1-11(2)22-17-7-8-24-10-15(17)16(20-22)5-6-18(23)19-9-14-12(3)21-25-13(14)4/h11H,5-10H2,1-4H3,(H,19,23). The molecule has 2 aromatic rings. The van der Waals surface area contributed by atoms with Crippen molar-refractivity contribution < 1.29 is 14.1 Å². The molecule has 0 aliphatic carbocycles. The molecular weight excluding hydrogens is 320 g/mol. The van der Waals surface area contributed by atoms with Crippen LogP contribution in [0.1, 0.15) is 60.3 Å². The first-order valence-corrected chi connectivity index (χ1v) is 8.82. The molecular formula is C18H26N4O3. The Morgan fingerprint density at radius 2 is 2.16 bits per heavy atom. The van der Waals surface area contributed by atoms with Gasteiger partial charge < -0.3 is 14.6 Å². The zero-order valence-electron chi connectivity index (χ0n) is 15.4. The van der Waals surface area contributed by atoms with Crippen LogP contribution in [0.3, 0.4) is 0 Å². The van der Waals surface area contributed by atoms with Crippen molar-refractivity contribution in [2.24, 2.45) is 0 Å². The SMILES string of the molecule is Cc1noc(C)c1CNC(=O)CCc1nn(C(C)C)c2c1COCC2. The topological polar surface area (TPSA) is 82.2 Å². The summed E-state index contributed by atoms with van der Waals surface area (Å²) < 4.78 is 12.8. The molecule has 0 atom stereocenters. The normalized spacial score (nSPS) is 14.0. The van der Waals surface area contributed by atoms with Crippen LogP contribution in [0.15, 0.2) is 4.52 Å². The first kappa shape index (κ1) is 17.7. The van der Waals surface area contributed by atoms with E-state index in [-0.39, 0.29) is 5.91 Å². The van der Waals surface area contributed by atoms with Gasteiger partial charge in [-0.1, -0.05) is 5.16 Å². The lowest BCUT2D eigenvalue weighted by atomic mass is 10.1. The summed E-state index contributed by atoms with van der Waals surface area (Å²) in [6.07, 6.45) is 1.92. The van der Waals surface area contributed by atoms with Crippen molar-refractivity contribution in [3.63, 3.8) is 0 Å². The summed E-state index contributed by atoms with van der Waals surface area (Å²) >= 11 is 0. The van der Waals surface area contributed by atoms with Gasteiger partial charge in [0, 0.05) is 48.7 Å². The minimum absolute atomic E-state index is 0.00424. The fourth-order valence-electron chi connectivity index (χ4n) is 3.22. The van der Waals surface area contributed by atoms with Crippen molar-refractivity contribution in [1.82, 2.24) is 20.3 Å². The van der Waals surface area contributed by atoms with E-state index in [1.54, 1.807) is 0 Å². The Morgan fingerprint density at radius 1 is 1.36 bits per heavy atom. The second-order valence-electron chi connectivity index (χ2n) is 6.79. The Balaban J connectivity index is 1.61. The molecule has 1 aliphatic heterocycles. The Morgan fingerprint density at radius 3 is 2.84 bits per heavy atom. The lowest BCUT2D eigenvalue weighted by Gasteiger charge is -2.16. The quantitative estimate of drug-likeness (QED) is 0.868. The Hall–Kier alpha value is -2.15. The van der Waals surface area contributed by atoms with Crippen LogP contribution in [-0.2, 0) is 35.5 Å². The number of nitrogens with zero attached hydrogens (tertiary/aromatic N) is 3. The molecule has 0 unspecified atom stereocenters. The molecule has 0 aromatic carbocycles. The largest absolute Gasteiger partial charge is 0.376 e. The monoisotopic (exact) mass is 346 g/mol. The lowest BCUT2D eigenvalue weighted by molar-refractivity contribution is -0.121. The zero-order valence-corrected chi connectivity index (χ0v) is 15.4. The summed E-state index contributed by atoms with van der Waals surface area (Å²) in [5, 5.41) is 11.6. The molecule has 1 amide bonds. The Kier molecular flexibility index (Phi) is 5.22. The highest BCUT2D eigenvalue weighted by molar-refractivity contribution is 5.76. The lowest BCUT2D eigenvalue weighted by Crippen LogP contribution is -2.23. The number of hydrogen-bond acceptors (Lipinski definition) is 5. The maximum absolute atomic E-state index is 12.2. The number of carbonyl (C=O) groups excluding carboxylic acids is 1. The first-order chi connectivity index (χ1) is 12.0. The van der Waals surface area contributed by atoms with Crippen LogP contribution < -0.4 is 5.32 Å². The number of nitrogens with one attached hydrogen (secondary N) is 1. The van der Waals surface area contributed by atoms with Crippen LogP contribution in [0.4, 0.5) is 0 Å². The molecule has 0 bridgehead atoms.